The Kier molecular flexibility index (Phi) is 8.81. The zero-order valence-corrected chi connectivity index (χ0v) is 25.1. The highest BCUT2D eigenvalue weighted by atomic mass is 19.1. The molecule has 0 saturated carbocycles. The van der Waals surface area contributed by atoms with Gasteiger partial charge in [0.05, 0.1) is 16.6 Å². The molecule has 1 aromatic heterocycles. The Morgan fingerprint density at radius 1 is 1.10 bits per heavy atom. The average molecular weight is 533 g/mol. The highest BCUT2D eigenvalue weighted by Gasteiger charge is 2.23. The molecule has 6 heteroatoms. The van der Waals surface area contributed by atoms with Gasteiger partial charge in [-0.05, 0) is 94.3 Å². The van der Waals surface area contributed by atoms with Crippen LogP contribution in [0.2, 0.25) is 0 Å². The fraction of sp³-hybridized carbons (Fsp3) is 0.424. The molecule has 0 fully saturated rings. The van der Waals surface area contributed by atoms with Crippen molar-refractivity contribution >= 4 is 18.3 Å². The Hall–Kier alpha value is -3.38. The Morgan fingerprint density at radius 3 is 2.31 bits per heavy atom. The maximum Gasteiger partial charge on any atom is 0.163 e. The highest BCUT2D eigenvalue weighted by Crippen LogP contribution is 2.32. The molecule has 3 rings (SSSR count). The molecular formula is C33H45FN4O. The summed E-state index contributed by atoms with van der Waals surface area (Å²) in [6, 6.07) is 11.2. The molecule has 0 atom stereocenters. The van der Waals surface area contributed by atoms with Crippen LogP contribution in [0.5, 0.6) is 0 Å². The van der Waals surface area contributed by atoms with Crippen LogP contribution in [0.4, 0.5) is 10.1 Å². The largest absolute Gasteiger partial charge is 0.386 e. The Bertz CT molecular complexity index is 1550. The fourth-order valence-corrected chi connectivity index (χ4v) is 5.03. The minimum absolute atomic E-state index is 0.0404. The summed E-state index contributed by atoms with van der Waals surface area (Å²) in [4.78, 5) is 4.93. The van der Waals surface area contributed by atoms with Gasteiger partial charge in [0.1, 0.15) is 11.6 Å². The van der Waals surface area contributed by atoms with E-state index in [0.717, 1.165) is 29.1 Å². The molecule has 5 nitrogen and oxygen atoms in total. The number of aliphatic hydroxyl groups is 1. The van der Waals surface area contributed by atoms with Crippen molar-refractivity contribution in [2.75, 3.05) is 5.32 Å². The van der Waals surface area contributed by atoms with Crippen molar-refractivity contribution < 1.29 is 9.50 Å². The van der Waals surface area contributed by atoms with E-state index in [2.05, 4.69) is 78.2 Å². The van der Waals surface area contributed by atoms with Gasteiger partial charge in [0.15, 0.2) is 5.49 Å². The van der Waals surface area contributed by atoms with Gasteiger partial charge in [0.2, 0.25) is 0 Å². The lowest BCUT2D eigenvalue weighted by Crippen LogP contribution is -2.35. The standard InChI is InChI=1S/C33H45FN4O/c1-12-24-19-25(15-17-28(24)32(8,9)14-3)35-23(7)36-31-27(13-2)22(6)37(21(4)5)38(31)26-16-18-30(34)29(20-26)33(10,11)39/h13,15-21,35,39H,6-7,12,14H2,1-5,8-11H3/b27-13-,36-31+. The predicted octanol–water partition coefficient (Wildman–Crippen LogP) is 6.17. The van der Waals surface area contributed by atoms with Gasteiger partial charge in [0, 0.05) is 22.5 Å². The third-order valence-electron chi connectivity index (χ3n) is 7.50. The summed E-state index contributed by atoms with van der Waals surface area (Å²) in [5.41, 5.74) is 3.85. The quantitative estimate of drug-likeness (QED) is 0.346. The van der Waals surface area contributed by atoms with Crippen LogP contribution in [-0.4, -0.2) is 14.5 Å². The normalized spacial score (nSPS) is 13.4. The van der Waals surface area contributed by atoms with Gasteiger partial charge in [-0.3, -0.25) is 4.68 Å². The average Bonchev–Trinajstić information content (AvgIpc) is 3.14. The molecule has 0 bridgehead atoms. The smallest absolute Gasteiger partial charge is 0.163 e. The molecule has 0 amide bonds. The van der Waals surface area contributed by atoms with Gasteiger partial charge < -0.3 is 10.4 Å². The Labute approximate surface area is 232 Å². The van der Waals surface area contributed by atoms with Crippen LogP contribution < -0.4 is 21.4 Å². The van der Waals surface area contributed by atoms with E-state index in [1.54, 1.807) is 26.0 Å². The van der Waals surface area contributed by atoms with Crippen molar-refractivity contribution in [1.29, 1.82) is 0 Å². The number of nitrogens with zero attached hydrogens (tertiary/aromatic N) is 3. The van der Waals surface area contributed by atoms with Crippen molar-refractivity contribution in [2.45, 2.75) is 92.2 Å². The van der Waals surface area contributed by atoms with Gasteiger partial charge in [-0.1, -0.05) is 53.0 Å². The Balaban J connectivity index is 2.21. The van der Waals surface area contributed by atoms with E-state index in [1.165, 1.54) is 17.2 Å². The molecular weight excluding hydrogens is 487 g/mol. The first-order valence-electron chi connectivity index (χ1n) is 13.8. The third-order valence-corrected chi connectivity index (χ3v) is 7.50. The van der Waals surface area contributed by atoms with Gasteiger partial charge >= 0.3 is 0 Å². The van der Waals surface area contributed by atoms with Crippen LogP contribution in [0.25, 0.3) is 18.3 Å². The van der Waals surface area contributed by atoms with Crippen molar-refractivity contribution in [3.63, 3.8) is 0 Å². The predicted molar refractivity (Wildman–Crippen MR) is 162 cm³/mol. The van der Waals surface area contributed by atoms with Crippen molar-refractivity contribution in [3.8, 4) is 5.69 Å². The van der Waals surface area contributed by atoms with Crippen LogP contribution in [0, 0.1) is 5.82 Å². The van der Waals surface area contributed by atoms with E-state index in [9.17, 15) is 9.50 Å². The van der Waals surface area contributed by atoms with Crippen LogP contribution >= 0.6 is 0 Å². The lowest BCUT2D eigenvalue weighted by Gasteiger charge is -2.26. The van der Waals surface area contributed by atoms with Gasteiger partial charge in [-0.2, -0.15) is 0 Å². The fourth-order valence-electron chi connectivity index (χ4n) is 5.03. The van der Waals surface area contributed by atoms with E-state index < -0.39 is 11.4 Å². The van der Waals surface area contributed by atoms with Crippen LogP contribution in [-0.2, 0) is 17.4 Å². The summed E-state index contributed by atoms with van der Waals surface area (Å²) in [5, 5.41) is 15.6. The molecule has 3 aromatic rings. The van der Waals surface area contributed by atoms with Gasteiger partial charge in [-0.25, -0.2) is 14.1 Å². The molecule has 0 spiro atoms. The topological polar surface area (TPSA) is 54.5 Å². The number of anilines is 1. The number of halogens is 1. The number of benzene rings is 2. The maximum absolute atomic E-state index is 14.7. The number of aryl methyl sites for hydroxylation is 1. The number of rotatable bonds is 9. The zero-order chi connectivity index (χ0) is 29.3. The van der Waals surface area contributed by atoms with E-state index >= 15 is 0 Å². The second-order valence-corrected chi connectivity index (χ2v) is 11.6. The van der Waals surface area contributed by atoms with Crippen LogP contribution in [0.15, 0.2) is 53.8 Å². The molecule has 0 unspecified atom stereocenters. The lowest BCUT2D eigenvalue weighted by atomic mass is 9.79. The summed E-state index contributed by atoms with van der Waals surface area (Å²) < 4.78 is 18.6. The second-order valence-electron chi connectivity index (χ2n) is 11.6. The summed E-state index contributed by atoms with van der Waals surface area (Å²) in [6.45, 7) is 26.7. The van der Waals surface area contributed by atoms with Crippen molar-refractivity contribution in [1.82, 2.24) is 9.36 Å². The first-order valence-corrected chi connectivity index (χ1v) is 13.8. The summed E-state index contributed by atoms with van der Waals surface area (Å²) in [5.74, 6) is 0.0137. The van der Waals surface area contributed by atoms with Crippen LogP contribution in [0.1, 0.15) is 91.5 Å². The molecule has 210 valence electrons. The van der Waals surface area contributed by atoms with E-state index in [4.69, 9.17) is 4.99 Å². The number of aromatic nitrogens is 2. The minimum Gasteiger partial charge on any atom is -0.386 e. The third kappa shape index (κ3) is 6.11. The minimum atomic E-state index is -1.35. The molecule has 2 N–H and O–H groups in total. The highest BCUT2D eigenvalue weighted by molar-refractivity contribution is 5.53. The van der Waals surface area contributed by atoms with Crippen molar-refractivity contribution in [2.24, 2.45) is 4.99 Å². The van der Waals surface area contributed by atoms with E-state index in [-0.39, 0.29) is 17.0 Å². The molecule has 0 aliphatic rings. The molecule has 0 radical (unpaired) electrons. The van der Waals surface area contributed by atoms with E-state index in [1.807, 2.05) is 22.4 Å². The molecule has 0 aliphatic carbocycles. The number of hydrogen-bond donors (Lipinski definition) is 2. The van der Waals surface area contributed by atoms with Crippen LogP contribution in [0.3, 0.4) is 0 Å². The molecule has 39 heavy (non-hydrogen) atoms. The van der Waals surface area contributed by atoms with Gasteiger partial charge in [0.25, 0.3) is 0 Å². The summed E-state index contributed by atoms with van der Waals surface area (Å²) in [7, 11) is 0. The van der Waals surface area contributed by atoms with E-state index in [0.29, 0.717) is 17.0 Å². The van der Waals surface area contributed by atoms with Gasteiger partial charge in [-0.15, -0.1) is 0 Å². The molecule has 0 saturated heterocycles. The number of hydrogen-bond acceptors (Lipinski definition) is 3. The maximum atomic E-state index is 14.7. The first-order chi connectivity index (χ1) is 18.2. The Morgan fingerprint density at radius 2 is 1.77 bits per heavy atom. The molecule has 2 aromatic carbocycles. The lowest BCUT2D eigenvalue weighted by molar-refractivity contribution is 0.0745. The molecule has 0 aliphatic heterocycles. The summed E-state index contributed by atoms with van der Waals surface area (Å²) in [6.07, 6.45) is 3.97. The summed E-state index contributed by atoms with van der Waals surface area (Å²) >= 11 is 0. The molecule has 1 heterocycles. The second kappa shape index (κ2) is 11.4. The monoisotopic (exact) mass is 532 g/mol. The zero-order valence-electron chi connectivity index (χ0n) is 25.1. The van der Waals surface area contributed by atoms with Crippen molar-refractivity contribution in [3.05, 3.63) is 87.4 Å². The number of nitrogens with one attached hydrogen (secondary N) is 1. The SMILES string of the molecule is C=C(/N=c1\c(=C/C)c(=C)n(C(C)C)n1-c1ccc(F)c(C(C)(C)O)c1)Nc1ccc(C(C)(C)CC)c(CC)c1. The first kappa shape index (κ1) is 30.2.